The van der Waals surface area contributed by atoms with Crippen LogP contribution in [-0.4, -0.2) is 0 Å². The Morgan fingerprint density at radius 1 is 0.426 bits per heavy atom. The van der Waals surface area contributed by atoms with Gasteiger partial charge in [0, 0.05) is 27.8 Å². The summed E-state index contributed by atoms with van der Waals surface area (Å²) < 4.78 is 0. The van der Waals surface area contributed by atoms with Crippen LogP contribution in [0.4, 0.5) is 17.1 Å². The summed E-state index contributed by atoms with van der Waals surface area (Å²) in [5.41, 5.74) is 16.7. The van der Waals surface area contributed by atoms with Crippen LogP contribution in [-0.2, 0) is 10.8 Å². The van der Waals surface area contributed by atoms with E-state index < -0.39 is 0 Å². The molecule has 9 rings (SSSR count). The zero-order chi connectivity index (χ0) is 31.9. The molecule has 0 amide bonds. The van der Waals surface area contributed by atoms with Crippen LogP contribution in [0.25, 0.3) is 44.2 Å². The molecule has 0 atom stereocenters. The van der Waals surface area contributed by atoms with Gasteiger partial charge in [0.1, 0.15) is 0 Å². The smallest absolute Gasteiger partial charge is 0.0549 e. The van der Waals surface area contributed by atoms with E-state index in [9.17, 15) is 0 Å². The average molecular weight is 604 g/mol. The molecule has 2 aliphatic rings. The summed E-state index contributed by atoms with van der Waals surface area (Å²) in [4.78, 5) is 2.51. The topological polar surface area (TPSA) is 3.24 Å². The molecular formula is C46H37N. The minimum absolute atomic E-state index is 0.0419. The molecule has 0 unspecified atom stereocenters. The lowest BCUT2D eigenvalue weighted by Crippen LogP contribution is -2.17. The Morgan fingerprint density at radius 3 is 1.77 bits per heavy atom. The number of benzene rings is 7. The first kappa shape index (κ1) is 27.9. The van der Waals surface area contributed by atoms with Gasteiger partial charge in [0.15, 0.2) is 0 Å². The first-order valence-corrected chi connectivity index (χ1v) is 16.7. The SMILES string of the molecule is CC1(C)c2ccccc2-c2cc(N(c3ccc(-c4ccccc4)cc3)c3cc4ccccc4c4c3-c3ccccc3C4(C)C)ccc21. The zero-order valence-corrected chi connectivity index (χ0v) is 27.4. The molecule has 0 aromatic heterocycles. The third kappa shape index (κ3) is 4.02. The number of anilines is 3. The van der Waals surface area contributed by atoms with Crippen molar-refractivity contribution in [1.82, 2.24) is 0 Å². The fourth-order valence-corrected chi connectivity index (χ4v) is 8.52. The van der Waals surface area contributed by atoms with E-state index in [0.29, 0.717) is 0 Å². The summed E-state index contributed by atoms with van der Waals surface area (Å²) in [7, 11) is 0. The van der Waals surface area contributed by atoms with Crippen molar-refractivity contribution < 1.29 is 0 Å². The average Bonchev–Trinajstić information content (AvgIpc) is 3.49. The third-order valence-corrected chi connectivity index (χ3v) is 10.8. The summed E-state index contributed by atoms with van der Waals surface area (Å²) in [5, 5.41) is 2.59. The van der Waals surface area contributed by atoms with Gasteiger partial charge in [0.05, 0.1) is 5.69 Å². The first-order valence-electron chi connectivity index (χ1n) is 16.7. The summed E-state index contributed by atoms with van der Waals surface area (Å²) in [6.07, 6.45) is 0. The van der Waals surface area contributed by atoms with Crippen LogP contribution in [0.2, 0.25) is 0 Å². The molecule has 47 heavy (non-hydrogen) atoms. The number of hydrogen-bond donors (Lipinski definition) is 0. The summed E-state index contributed by atoms with van der Waals surface area (Å²) in [6.45, 7) is 9.49. The van der Waals surface area contributed by atoms with Gasteiger partial charge in [-0.15, -0.1) is 0 Å². The largest absolute Gasteiger partial charge is 0.310 e. The molecule has 0 radical (unpaired) electrons. The van der Waals surface area contributed by atoms with Gasteiger partial charge in [0.2, 0.25) is 0 Å². The standard InChI is InChI=1S/C46H37N/c1-45(2)39-20-12-10-18-36(39)38-29-34(26-27-41(38)45)47(33-24-22-31(23-25-33)30-14-6-5-7-15-30)42-28-32-16-8-9-17-35(32)44-43(42)37-19-11-13-21-40(37)46(44,3)4/h5-29H,1-4H3. The molecule has 0 heterocycles. The first-order chi connectivity index (χ1) is 22.8. The maximum atomic E-state index is 2.51. The fraction of sp³-hybridized carbons (Fsp3) is 0.130. The van der Waals surface area contributed by atoms with Gasteiger partial charge in [-0.1, -0.05) is 149 Å². The van der Waals surface area contributed by atoms with E-state index in [2.05, 4.69) is 184 Å². The van der Waals surface area contributed by atoms with Crippen molar-refractivity contribution in [3.63, 3.8) is 0 Å². The van der Waals surface area contributed by atoms with E-state index in [-0.39, 0.29) is 10.8 Å². The van der Waals surface area contributed by atoms with Crippen LogP contribution in [0, 0.1) is 0 Å². The van der Waals surface area contributed by atoms with Gasteiger partial charge in [-0.25, -0.2) is 0 Å². The highest BCUT2D eigenvalue weighted by molar-refractivity contribution is 6.06. The van der Waals surface area contributed by atoms with Crippen LogP contribution in [0.15, 0.2) is 152 Å². The van der Waals surface area contributed by atoms with Crippen molar-refractivity contribution in [2.45, 2.75) is 38.5 Å². The van der Waals surface area contributed by atoms with Crippen molar-refractivity contribution in [3.05, 3.63) is 174 Å². The van der Waals surface area contributed by atoms with Crippen molar-refractivity contribution in [3.8, 4) is 33.4 Å². The van der Waals surface area contributed by atoms with E-state index in [0.717, 1.165) is 5.69 Å². The Balaban J connectivity index is 1.34. The third-order valence-electron chi connectivity index (χ3n) is 10.8. The number of nitrogens with zero attached hydrogens (tertiary/aromatic N) is 1. The molecule has 0 saturated carbocycles. The molecule has 0 spiro atoms. The minimum Gasteiger partial charge on any atom is -0.310 e. The van der Waals surface area contributed by atoms with Crippen LogP contribution >= 0.6 is 0 Å². The highest BCUT2D eigenvalue weighted by Crippen LogP contribution is 2.57. The summed E-state index contributed by atoms with van der Waals surface area (Å²) in [6, 6.07) is 56.2. The number of hydrogen-bond acceptors (Lipinski definition) is 1. The van der Waals surface area contributed by atoms with Gasteiger partial charge in [-0.05, 0) is 91.2 Å². The molecule has 0 bridgehead atoms. The summed E-state index contributed by atoms with van der Waals surface area (Å²) in [5.74, 6) is 0. The highest BCUT2D eigenvalue weighted by atomic mass is 15.1. The molecule has 0 aliphatic heterocycles. The molecule has 2 aliphatic carbocycles. The lowest BCUT2D eigenvalue weighted by molar-refractivity contribution is 0.660. The molecule has 1 heteroatoms. The Labute approximate surface area is 277 Å². The van der Waals surface area contributed by atoms with Gasteiger partial charge in [0.25, 0.3) is 0 Å². The quantitative estimate of drug-likeness (QED) is 0.193. The lowest BCUT2D eigenvalue weighted by Gasteiger charge is -2.31. The fourth-order valence-electron chi connectivity index (χ4n) is 8.52. The van der Waals surface area contributed by atoms with Crippen molar-refractivity contribution in [1.29, 1.82) is 0 Å². The van der Waals surface area contributed by atoms with E-state index in [1.165, 1.54) is 77.8 Å². The van der Waals surface area contributed by atoms with Gasteiger partial charge >= 0.3 is 0 Å². The van der Waals surface area contributed by atoms with Gasteiger partial charge in [-0.2, -0.15) is 0 Å². The Bertz CT molecular complexity index is 2340. The normalized spacial score (nSPS) is 14.7. The van der Waals surface area contributed by atoms with Crippen molar-refractivity contribution in [2.24, 2.45) is 0 Å². The Hall–Kier alpha value is -5.40. The minimum atomic E-state index is -0.134. The molecule has 7 aromatic carbocycles. The van der Waals surface area contributed by atoms with E-state index in [1.54, 1.807) is 0 Å². The monoisotopic (exact) mass is 603 g/mol. The molecule has 7 aromatic rings. The Morgan fingerprint density at radius 2 is 1.00 bits per heavy atom. The molecule has 0 fully saturated rings. The summed E-state index contributed by atoms with van der Waals surface area (Å²) >= 11 is 0. The van der Waals surface area contributed by atoms with Crippen LogP contribution in [0.1, 0.15) is 49.9 Å². The lowest BCUT2D eigenvalue weighted by atomic mass is 9.80. The van der Waals surface area contributed by atoms with Gasteiger partial charge < -0.3 is 4.90 Å². The van der Waals surface area contributed by atoms with Gasteiger partial charge in [-0.3, -0.25) is 0 Å². The Kier molecular flexibility index (Phi) is 5.96. The molecule has 0 N–H and O–H groups in total. The second-order valence-electron chi connectivity index (χ2n) is 14.2. The van der Waals surface area contributed by atoms with E-state index in [1.807, 2.05) is 0 Å². The molecule has 0 saturated heterocycles. The van der Waals surface area contributed by atoms with E-state index >= 15 is 0 Å². The maximum absolute atomic E-state index is 2.51. The molecule has 1 nitrogen and oxygen atoms in total. The number of fused-ring (bicyclic) bond motifs is 8. The predicted octanol–water partition coefficient (Wildman–Crippen LogP) is 12.6. The van der Waals surface area contributed by atoms with Crippen molar-refractivity contribution in [2.75, 3.05) is 4.90 Å². The van der Waals surface area contributed by atoms with Crippen LogP contribution in [0.3, 0.4) is 0 Å². The second-order valence-corrected chi connectivity index (χ2v) is 14.2. The molecule has 226 valence electrons. The maximum Gasteiger partial charge on any atom is 0.0549 e. The zero-order valence-electron chi connectivity index (χ0n) is 27.4. The highest BCUT2D eigenvalue weighted by Gasteiger charge is 2.40. The van der Waals surface area contributed by atoms with E-state index in [4.69, 9.17) is 0 Å². The molecular weight excluding hydrogens is 567 g/mol. The second kappa shape index (κ2) is 10.0. The van der Waals surface area contributed by atoms with Crippen LogP contribution in [0.5, 0.6) is 0 Å². The number of rotatable bonds is 4. The van der Waals surface area contributed by atoms with Crippen molar-refractivity contribution >= 4 is 27.8 Å². The van der Waals surface area contributed by atoms with Crippen LogP contribution < -0.4 is 4.90 Å². The predicted molar refractivity (Wildman–Crippen MR) is 199 cm³/mol.